The third-order valence-electron chi connectivity index (χ3n) is 3.06. The summed E-state index contributed by atoms with van der Waals surface area (Å²) < 4.78 is 5.86. The molecule has 0 aliphatic carbocycles. The van der Waals surface area contributed by atoms with Crippen molar-refractivity contribution in [1.29, 1.82) is 0 Å². The molecule has 0 aliphatic rings. The minimum absolute atomic E-state index is 0.0671. The lowest BCUT2D eigenvalue weighted by Gasteiger charge is -2.13. The van der Waals surface area contributed by atoms with E-state index in [2.05, 4.69) is 4.98 Å². The van der Waals surface area contributed by atoms with Crippen LogP contribution in [0, 0.1) is 13.8 Å². The minimum Gasteiger partial charge on any atom is -0.493 e. The quantitative estimate of drug-likeness (QED) is 0.895. The van der Waals surface area contributed by atoms with Gasteiger partial charge in [0.15, 0.2) is 0 Å². The molecule has 0 saturated carbocycles. The maximum absolute atomic E-state index is 9.15. The van der Waals surface area contributed by atoms with Crippen LogP contribution in [0.4, 0.5) is 0 Å². The molecule has 1 heterocycles. The van der Waals surface area contributed by atoms with Gasteiger partial charge in [-0.3, -0.25) is 4.98 Å². The molecule has 3 heteroatoms. The number of hydrogen-bond acceptors (Lipinski definition) is 3. The molecule has 0 radical (unpaired) electrons. The largest absolute Gasteiger partial charge is 0.493 e. The van der Waals surface area contributed by atoms with Crippen molar-refractivity contribution >= 4 is 0 Å². The maximum Gasteiger partial charge on any atom is 0.125 e. The molecule has 0 bridgehead atoms. The second-order valence-corrected chi connectivity index (χ2v) is 4.68. The average Bonchev–Trinajstić information content (AvgIpc) is 2.42. The fourth-order valence-corrected chi connectivity index (χ4v) is 2.18. The van der Waals surface area contributed by atoms with Crippen LogP contribution in [0.25, 0.3) is 0 Å². The Morgan fingerprint density at radius 2 is 1.89 bits per heavy atom. The third-order valence-corrected chi connectivity index (χ3v) is 3.06. The number of rotatable bonds is 5. The van der Waals surface area contributed by atoms with E-state index in [-0.39, 0.29) is 6.61 Å². The Morgan fingerprint density at radius 3 is 2.47 bits per heavy atom. The van der Waals surface area contributed by atoms with Gasteiger partial charge in [-0.15, -0.1) is 0 Å². The van der Waals surface area contributed by atoms with Crippen LogP contribution in [0.5, 0.6) is 5.75 Å². The van der Waals surface area contributed by atoms with Gasteiger partial charge in [0.1, 0.15) is 5.75 Å². The van der Waals surface area contributed by atoms with Gasteiger partial charge in [0.2, 0.25) is 0 Å². The van der Waals surface area contributed by atoms with Gasteiger partial charge in [0.05, 0.1) is 13.2 Å². The fraction of sp³-hybridized carbons (Fsp3) is 0.312. The molecule has 19 heavy (non-hydrogen) atoms. The summed E-state index contributed by atoms with van der Waals surface area (Å²) in [4.78, 5) is 4.08. The van der Waals surface area contributed by atoms with Gasteiger partial charge in [-0.1, -0.05) is 18.2 Å². The van der Waals surface area contributed by atoms with Crippen molar-refractivity contribution in [2.75, 3.05) is 6.61 Å². The Labute approximate surface area is 113 Å². The number of benzene rings is 1. The molecule has 0 aliphatic heterocycles. The van der Waals surface area contributed by atoms with Crippen molar-refractivity contribution in [3.05, 3.63) is 58.9 Å². The molecule has 0 unspecified atom stereocenters. The van der Waals surface area contributed by atoms with Crippen LogP contribution in [-0.4, -0.2) is 16.7 Å². The Morgan fingerprint density at radius 1 is 1.16 bits per heavy atom. The first kappa shape index (κ1) is 13.6. The lowest BCUT2D eigenvalue weighted by molar-refractivity contribution is 0.280. The van der Waals surface area contributed by atoms with E-state index in [0.717, 1.165) is 28.9 Å². The number of aryl methyl sites for hydroxylation is 2. The Kier molecular flexibility index (Phi) is 4.53. The van der Waals surface area contributed by atoms with Crippen LogP contribution < -0.4 is 4.74 Å². The van der Waals surface area contributed by atoms with Crippen molar-refractivity contribution in [3.8, 4) is 5.75 Å². The summed E-state index contributed by atoms with van der Waals surface area (Å²) in [5.74, 6) is 0.918. The van der Waals surface area contributed by atoms with Crippen molar-refractivity contribution in [2.24, 2.45) is 0 Å². The number of nitrogens with zero attached hydrogens (tertiary/aromatic N) is 1. The number of ether oxygens (including phenoxy) is 1. The summed E-state index contributed by atoms with van der Waals surface area (Å²) >= 11 is 0. The monoisotopic (exact) mass is 257 g/mol. The number of aromatic nitrogens is 1. The Hall–Kier alpha value is -1.87. The highest BCUT2D eigenvalue weighted by Gasteiger charge is 2.06. The van der Waals surface area contributed by atoms with Gasteiger partial charge in [-0.2, -0.15) is 0 Å². The molecule has 1 N–H and O–H groups in total. The average molecular weight is 257 g/mol. The molecular weight excluding hydrogens is 238 g/mol. The van der Waals surface area contributed by atoms with E-state index in [4.69, 9.17) is 9.84 Å². The van der Waals surface area contributed by atoms with E-state index in [1.165, 1.54) is 5.56 Å². The SMILES string of the molecule is Cc1cc(CO)cc(C)c1OCCc1cccnc1. The molecule has 0 atom stereocenters. The van der Waals surface area contributed by atoms with E-state index in [1.807, 2.05) is 44.3 Å². The van der Waals surface area contributed by atoms with Gasteiger partial charge >= 0.3 is 0 Å². The molecule has 1 aromatic heterocycles. The van der Waals surface area contributed by atoms with E-state index in [9.17, 15) is 0 Å². The molecule has 0 amide bonds. The standard InChI is InChI=1S/C16H19NO2/c1-12-8-15(11-18)9-13(2)16(12)19-7-5-14-4-3-6-17-10-14/h3-4,6,8-10,18H,5,7,11H2,1-2H3. The van der Waals surface area contributed by atoms with Crippen molar-refractivity contribution in [1.82, 2.24) is 4.98 Å². The summed E-state index contributed by atoms with van der Waals surface area (Å²) in [5, 5.41) is 9.15. The van der Waals surface area contributed by atoms with E-state index >= 15 is 0 Å². The molecule has 3 nitrogen and oxygen atoms in total. The first-order chi connectivity index (χ1) is 9.20. The summed E-state index contributed by atoms with van der Waals surface area (Å²) in [7, 11) is 0. The summed E-state index contributed by atoms with van der Waals surface area (Å²) in [6.45, 7) is 4.71. The number of hydrogen-bond donors (Lipinski definition) is 1. The van der Waals surface area contributed by atoms with Crippen molar-refractivity contribution < 1.29 is 9.84 Å². The summed E-state index contributed by atoms with van der Waals surface area (Å²) in [6.07, 6.45) is 4.47. The van der Waals surface area contributed by atoms with E-state index in [1.54, 1.807) is 6.20 Å². The molecule has 2 aromatic rings. The number of pyridine rings is 1. The Bertz CT molecular complexity index is 515. The second-order valence-electron chi connectivity index (χ2n) is 4.68. The predicted octanol–water partition coefficient (Wildman–Crippen LogP) is 2.81. The highest BCUT2D eigenvalue weighted by molar-refractivity contribution is 5.43. The first-order valence-corrected chi connectivity index (χ1v) is 6.43. The lowest BCUT2D eigenvalue weighted by Crippen LogP contribution is -2.04. The van der Waals surface area contributed by atoms with Crippen LogP contribution in [0.15, 0.2) is 36.7 Å². The van der Waals surface area contributed by atoms with Crippen LogP contribution >= 0.6 is 0 Å². The van der Waals surface area contributed by atoms with Gasteiger partial charge in [-0.25, -0.2) is 0 Å². The lowest BCUT2D eigenvalue weighted by atomic mass is 10.1. The van der Waals surface area contributed by atoms with Crippen LogP contribution in [0.2, 0.25) is 0 Å². The van der Waals surface area contributed by atoms with E-state index in [0.29, 0.717) is 6.61 Å². The third kappa shape index (κ3) is 3.55. The smallest absolute Gasteiger partial charge is 0.125 e. The summed E-state index contributed by atoms with van der Waals surface area (Å²) in [6, 6.07) is 7.91. The zero-order valence-electron chi connectivity index (χ0n) is 11.4. The molecule has 0 saturated heterocycles. The number of aliphatic hydroxyl groups excluding tert-OH is 1. The molecule has 0 fully saturated rings. The highest BCUT2D eigenvalue weighted by atomic mass is 16.5. The normalized spacial score (nSPS) is 10.5. The molecular formula is C16H19NO2. The van der Waals surface area contributed by atoms with Crippen molar-refractivity contribution in [3.63, 3.8) is 0 Å². The topological polar surface area (TPSA) is 42.4 Å². The minimum atomic E-state index is 0.0671. The van der Waals surface area contributed by atoms with Gasteiger partial charge in [0.25, 0.3) is 0 Å². The first-order valence-electron chi connectivity index (χ1n) is 6.43. The zero-order chi connectivity index (χ0) is 13.7. The van der Waals surface area contributed by atoms with Gasteiger partial charge in [0, 0.05) is 18.8 Å². The second kappa shape index (κ2) is 6.34. The molecule has 100 valence electrons. The van der Waals surface area contributed by atoms with Crippen LogP contribution in [0.1, 0.15) is 22.3 Å². The van der Waals surface area contributed by atoms with Gasteiger partial charge < -0.3 is 9.84 Å². The fourth-order valence-electron chi connectivity index (χ4n) is 2.18. The Balaban J connectivity index is 2.00. The van der Waals surface area contributed by atoms with Crippen molar-refractivity contribution in [2.45, 2.75) is 26.9 Å². The molecule has 2 rings (SSSR count). The predicted molar refractivity (Wildman–Crippen MR) is 75.3 cm³/mol. The van der Waals surface area contributed by atoms with E-state index < -0.39 is 0 Å². The maximum atomic E-state index is 9.15. The highest BCUT2D eigenvalue weighted by Crippen LogP contribution is 2.25. The van der Waals surface area contributed by atoms with Crippen LogP contribution in [-0.2, 0) is 13.0 Å². The molecule has 1 aromatic carbocycles. The van der Waals surface area contributed by atoms with Gasteiger partial charge in [-0.05, 0) is 42.2 Å². The number of aliphatic hydroxyl groups is 1. The zero-order valence-corrected chi connectivity index (χ0v) is 11.4. The summed E-state index contributed by atoms with van der Waals surface area (Å²) in [5.41, 5.74) is 4.23. The molecule has 0 spiro atoms. The van der Waals surface area contributed by atoms with Crippen LogP contribution in [0.3, 0.4) is 0 Å².